The molecule has 0 saturated carbocycles. The van der Waals surface area contributed by atoms with Crippen molar-refractivity contribution in [2.75, 3.05) is 10.2 Å². The van der Waals surface area contributed by atoms with Gasteiger partial charge < -0.3 is 15.2 Å². The van der Waals surface area contributed by atoms with Gasteiger partial charge in [0.1, 0.15) is 0 Å². The Balaban J connectivity index is 1.73. The molecule has 1 unspecified atom stereocenters. The van der Waals surface area contributed by atoms with E-state index in [0.29, 0.717) is 16.6 Å². The van der Waals surface area contributed by atoms with E-state index in [1.54, 1.807) is 36.4 Å². The lowest BCUT2D eigenvalue weighted by atomic mass is 9.93. The van der Waals surface area contributed by atoms with Crippen molar-refractivity contribution >= 4 is 57.9 Å². The molecule has 0 radical (unpaired) electrons. The molecule has 5 rings (SSSR count). The first-order valence-electron chi connectivity index (χ1n) is 9.51. The molecule has 0 spiro atoms. The summed E-state index contributed by atoms with van der Waals surface area (Å²) in [5, 5.41) is 22.5. The maximum atomic E-state index is 14.1. The molecule has 11 heteroatoms. The Morgan fingerprint density at radius 1 is 1.12 bits per heavy atom. The molecular formula is C22H13Cl2FN4O4. The molecule has 1 aliphatic rings. The van der Waals surface area contributed by atoms with Crippen LogP contribution in [-0.2, 0) is 5.72 Å². The van der Waals surface area contributed by atoms with Crippen molar-refractivity contribution in [3.05, 3.63) is 87.2 Å². The number of H-pyrrole nitrogens is 1. The molecule has 33 heavy (non-hydrogen) atoms. The highest BCUT2D eigenvalue weighted by Gasteiger charge is 2.51. The second-order valence-electron chi connectivity index (χ2n) is 7.33. The summed E-state index contributed by atoms with van der Waals surface area (Å²) in [4.78, 5) is 32.4. The second kappa shape index (κ2) is 7.45. The molecule has 1 aromatic heterocycles. The van der Waals surface area contributed by atoms with Crippen LogP contribution >= 0.6 is 23.2 Å². The van der Waals surface area contributed by atoms with Crippen molar-refractivity contribution in [1.82, 2.24) is 9.97 Å². The molecule has 3 aromatic carbocycles. The van der Waals surface area contributed by atoms with Crippen LogP contribution in [0.2, 0.25) is 10.0 Å². The fourth-order valence-corrected chi connectivity index (χ4v) is 4.48. The lowest BCUT2D eigenvalue weighted by molar-refractivity contribution is 0.0704. The molecule has 4 aromatic rings. The number of rotatable bonds is 3. The number of aromatic amines is 1. The minimum absolute atomic E-state index is 0.00140. The Morgan fingerprint density at radius 2 is 1.82 bits per heavy atom. The van der Waals surface area contributed by atoms with Gasteiger partial charge in [0.15, 0.2) is 11.5 Å². The van der Waals surface area contributed by atoms with Gasteiger partial charge in [0.05, 0.1) is 26.8 Å². The number of imidazole rings is 1. The van der Waals surface area contributed by atoms with Gasteiger partial charge in [0.2, 0.25) is 5.95 Å². The molecule has 166 valence electrons. The van der Waals surface area contributed by atoms with Gasteiger partial charge in [-0.2, -0.15) is 0 Å². The molecule has 0 bridgehead atoms. The Labute approximate surface area is 195 Å². The SMILES string of the molecule is O=C(O)Nc1nc2cc(C3(O)c4ccccc4C(=O)N3c3cc(Cl)c(F)c(Cl)c3)ccc2[nH]1. The Kier molecular flexibility index (Phi) is 4.78. The van der Waals surface area contributed by atoms with Crippen LogP contribution in [0.25, 0.3) is 11.0 Å². The summed E-state index contributed by atoms with van der Waals surface area (Å²) in [5.74, 6) is -1.38. The van der Waals surface area contributed by atoms with E-state index in [1.165, 1.54) is 18.2 Å². The number of amides is 2. The van der Waals surface area contributed by atoms with Gasteiger partial charge >= 0.3 is 6.09 Å². The number of aliphatic hydroxyl groups is 1. The van der Waals surface area contributed by atoms with Crippen LogP contribution in [0, 0.1) is 5.82 Å². The zero-order chi connectivity index (χ0) is 23.5. The van der Waals surface area contributed by atoms with Crippen molar-refractivity contribution in [3.8, 4) is 0 Å². The van der Waals surface area contributed by atoms with E-state index in [1.807, 2.05) is 0 Å². The smallest absolute Gasteiger partial charge is 0.411 e. The third-order valence-corrected chi connectivity index (χ3v) is 5.95. The molecule has 4 N–H and O–H groups in total. The summed E-state index contributed by atoms with van der Waals surface area (Å²) in [6.07, 6.45) is -1.29. The number of hydrogen-bond donors (Lipinski definition) is 4. The number of nitrogens with one attached hydrogen (secondary N) is 2. The summed E-state index contributed by atoms with van der Waals surface area (Å²) in [7, 11) is 0. The summed E-state index contributed by atoms with van der Waals surface area (Å²) in [5.41, 5.74) is -0.271. The van der Waals surface area contributed by atoms with Crippen LogP contribution in [0.4, 0.5) is 20.8 Å². The van der Waals surface area contributed by atoms with Crippen molar-refractivity contribution in [2.24, 2.45) is 0 Å². The van der Waals surface area contributed by atoms with Gasteiger partial charge in [0.25, 0.3) is 5.91 Å². The Hall–Kier alpha value is -3.66. The topological polar surface area (TPSA) is 119 Å². The number of carboxylic acid groups (broad SMARTS) is 1. The van der Waals surface area contributed by atoms with Gasteiger partial charge in [-0.1, -0.05) is 47.5 Å². The first-order valence-corrected chi connectivity index (χ1v) is 10.3. The lowest BCUT2D eigenvalue weighted by Crippen LogP contribution is -2.45. The van der Waals surface area contributed by atoms with E-state index in [9.17, 15) is 19.1 Å². The van der Waals surface area contributed by atoms with Crippen LogP contribution in [0.5, 0.6) is 0 Å². The van der Waals surface area contributed by atoms with E-state index in [2.05, 4.69) is 15.3 Å². The molecule has 0 fully saturated rings. The average Bonchev–Trinajstić information content (AvgIpc) is 3.27. The van der Waals surface area contributed by atoms with E-state index in [0.717, 1.165) is 4.90 Å². The first kappa shape index (κ1) is 21.2. The number of hydrogen-bond acceptors (Lipinski definition) is 4. The number of fused-ring (bicyclic) bond motifs is 2. The fourth-order valence-electron chi connectivity index (χ4n) is 4.00. The molecule has 2 heterocycles. The standard InChI is InChI=1S/C22H13Cl2FN4O4/c23-14-8-11(9-15(24)18(14)25)29-19(30)12-3-1-2-4-13(12)22(29,33)10-5-6-16-17(7-10)27-20(26-16)28-21(31)32/h1-9,33H,(H,31,32)(H2,26,27,28). The van der Waals surface area contributed by atoms with Crippen LogP contribution < -0.4 is 10.2 Å². The van der Waals surface area contributed by atoms with Crippen molar-refractivity contribution < 1.29 is 24.2 Å². The van der Waals surface area contributed by atoms with E-state index in [4.69, 9.17) is 28.3 Å². The predicted molar refractivity (Wildman–Crippen MR) is 120 cm³/mol. The largest absolute Gasteiger partial charge is 0.465 e. The van der Waals surface area contributed by atoms with Crippen molar-refractivity contribution in [2.45, 2.75) is 5.72 Å². The average molecular weight is 487 g/mol. The maximum absolute atomic E-state index is 14.1. The van der Waals surface area contributed by atoms with Gasteiger partial charge in [-0.15, -0.1) is 0 Å². The highest BCUT2D eigenvalue weighted by atomic mass is 35.5. The maximum Gasteiger partial charge on any atom is 0.411 e. The number of anilines is 2. The highest BCUT2D eigenvalue weighted by molar-refractivity contribution is 6.35. The molecule has 0 aliphatic carbocycles. The zero-order valence-electron chi connectivity index (χ0n) is 16.4. The van der Waals surface area contributed by atoms with Crippen molar-refractivity contribution in [1.29, 1.82) is 0 Å². The third-order valence-electron chi connectivity index (χ3n) is 5.40. The monoisotopic (exact) mass is 486 g/mol. The van der Waals surface area contributed by atoms with Gasteiger partial charge in [-0.25, -0.2) is 14.2 Å². The van der Waals surface area contributed by atoms with Crippen LogP contribution in [0.3, 0.4) is 0 Å². The minimum Gasteiger partial charge on any atom is -0.465 e. The number of carbonyl (C=O) groups excluding carboxylic acids is 1. The minimum atomic E-state index is -2.01. The van der Waals surface area contributed by atoms with Crippen LogP contribution in [0.1, 0.15) is 21.5 Å². The van der Waals surface area contributed by atoms with E-state index >= 15 is 0 Å². The third kappa shape index (κ3) is 3.20. The summed E-state index contributed by atoms with van der Waals surface area (Å²) in [6, 6.07) is 13.6. The fraction of sp³-hybridized carbons (Fsp3) is 0.0455. The Bertz CT molecular complexity index is 1450. The van der Waals surface area contributed by atoms with Gasteiger partial charge in [-0.05, 0) is 30.3 Å². The number of nitrogens with zero attached hydrogens (tertiary/aromatic N) is 2. The van der Waals surface area contributed by atoms with E-state index in [-0.39, 0.29) is 32.8 Å². The molecule has 1 aliphatic heterocycles. The van der Waals surface area contributed by atoms with E-state index < -0.39 is 23.5 Å². The molecule has 2 amide bonds. The quantitative estimate of drug-likeness (QED) is 0.305. The molecule has 1 atom stereocenters. The summed E-state index contributed by atoms with van der Waals surface area (Å²) >= 11 is 11.9. The normalized spacial score (nSPS) is 17.5. The van der Waals surface area contributed by atoms with Crippen LogP contribution in [0.15, 0.2) is 54.6 Å². The van der Waals surface area contributed by atoms with Crippen LogP contribution in [-0.4, -0.2) is 32.2 Å². The molecule has 8 nitrogen and oxygen atoms in total. The number of aromatic nitrogens is 2. The van der Waals surface area contributed by atoms with Gasteiger partial charge in [0, 0.05) is 16.7 Å². The number of benzene rings is 3. The lowest BCUT2D eigenvalue weighted by Gasteiger charge is -2.35. The number of halogens is 3. The molecule has 0 saturated heterocycles. The van der Waals surface area contributed by atoms with Crippen molar-refractivity contribution in [3.63, 3.8) is 0 Å². The molecular weight excluding hydrogens is 474 g/mol. The number of carbonyl (C=O) groups is 2. The second-order valence-corrected chi connectivity index (χ2v) is 8.14. The zero-order valence-corrected chi connectivity index (χ0v) is 17.9. The highest BCUT2D eigenvalue weighted by Crippen LogP contribution is 2.46. The Morgan fingerprint density at radius 3 is 2.52 bits per heavy atom. The first-order chi connectivity index (χ1) is 15.7. The van der Waals surface area contributed by atoms with Gasteiger partial charge in [-0.3, -0.25) is 15.0 Å². The predicted octanol–water partition coefficient (Wildman–Crippen LogP) is 4.95. The summed E-state index contributed by atoms with van der Waals surface area (Å²) < 4.78 is 14.1. The summed E-state index contributed by atoms with van der Waals surface area (Å²) in [6.45, 7) is 0.